The smallest absolute Gasteiger partial charge is 0.387 e. The zero-order valence-corrected chi connectivity index (χ0v) is 17.0. The van der Waals surface area contributed by atoms with Crippen LogP contribution < -0.4 is 9.47 Å². The molecule has 170 valence electrons. The van der Waals surface area contributed by atoms with Crippen LogP contribution in [-0.4, -0.2) is 23.0 Å². The van der Waals surface area contributed by atoms with Gasteiger partial charge in [-0.15, -0.1) is 0 Å². The van der Waals surface area contributed by atoms with Gasteiger partial charge in [0.25, 0.3) is 0 Å². The summed E-state index contributed by atoms with van der Waals surface area (Å²) in [6, 6.07) is 19.9. The topological polar surface area (TPSA) is 36.3 Å². The zero-order valence-electron chi connectivity index (χ0n) is 17.0. The highest BCUT2D eigenvalue weighted by Gasteiger charge is 2.14. The monoisotopic (exact) mass is 460 g/mol. The second kappa shape index (κ2) is 9.72. The summed E-state index contributed by atoms with van der Waals surface area (Å²) in [5.74, 6) is -0.355. The molecular formula is C24H17F5N2O2. The average Bonchev–Trinajstić information content (AvgIpc) is 3.17. The Morgan fingerprint density at radius 1 is 0.727 bits per heavy atom. The summed E-state index contributed by atoms with van der Waals surface area (Å²) in [6.07, 6.45) is 0. The molecule has 1 heterocycles. The molecule has 4 aromatic rings. The van der Waals surface area contributed by atoms with Crippen LogP contribution >= 0.6 is 0 Å². The second-order valence-corrected chi connectivity index (χ2v) is 7.01. The SMILES string of the molecule is Fc1cccc(Cn2nc(-c3ccc(OC(F)F)cc3)cc2-c2ccc(OC(F)F)cc2)c1. The Morgan fingerprint density at radius 2 is 1.30 bits per heavy atom. The molecule has 0 radical (unpaired) electrons. The van der Waals surface area contributed by atoms with Crippen molar-refractivity contribution >= 4 is 0 Å². The van der Waals surface area contributed by atoms with Crippen molar-refractivity contribution in [3.05, 3.63) is 90.2 Å². The minimum Gasteiger partial charge on any atom is -0.435 e. The van der Waals surface area contributed by atoms with Crippen LogP contribution in [0.3, 0.4) is 0 Å². The van der Waals surface area contributed by atoms with E-state index in [0.717, 1.165) is 0 Å². The summed E-state index contributed by atoms with van der Waals surface area (Å²) in [6.45, 7) is -5.61. The molecule has 0 aliphatic rings. The van der Waals surface area contributed by atoms with Crippen molar-refractivity contribution in [2.45, 2.75) is 19.8 Å². The number of nitrogens with zero attached hydrogens (tertiary/aromatic N) is 2. The van der Waals surface area contributed by atoms with Crippen LogP contribution in [0.2, 0.25) is 0 Å². The molecular weight excluding hydrogens is 443 g/mol. The molecule has 1 aromatic heterocycles. The number of ether oxygens (including phenoxy) is 2. The highest BCUT2D eigenvalue weighted by atomic mass is 19.3. The number of halogens is 5. The summed E-state index contributed by atoms with van der Waals surface area (Å²) in [4.78, 5) is 0. The van der Waals surface area contributed by atoms with Crippen molar-refractivity contribution in [1.82, 2.24) is 9.78 Å². The van der Waals surface area contributed by atoms with Crippen LogP contribution in [0.4, 0.5) is 22.0 Å². The van der Waals surface area contributed by atoms with Gasteiger partial charge in [-0.25, -0.2) is 4.39 Å². The standard InChI is InChI=1S/C24H17F5N2O2/c25-18-3-1-2-15(12-18)14-31-22(17-6-10-20(11-7-17)33-24(28)29)13-21(30-31)16-4-8-19(9-5-16)32-23(26)27/h1-13,23-24H,14H2. The minimum atomic E-state index is -2.93. The Kier molecular flexibility index (Phi) is 6.58. The predicted molar refractivity (Wildman–Crippen MR) is 112 cm³/mol. The van der Waals surface area contributed by atoms with E-state index in [1.54, 1.807) is 47.1 Å². The summed E-state index contributed by atoms with van der Waals surface area (Å²) < 4.78 is 73.8. The van der Waals surface area contributed by atoms with E-state index >= 15 is 0 Å². The fourth-order valence-corrected chi connectivity index (χ4v) is 3.33. The van der Waals surface area contributed by atoms with Gasteiger partial charge in [0.05, 0.1) is 17.9 Å². The van der Waals surface area contributed by atoms with Crippen LogP contribution in [0.5, 0.6) is 11.5 Å². The first kappa shape index (κ1) is 22.3. The maximum atomic E-state index is 13.7. The third-order valence-electron chi connectivity index (χ3n) is 4.75. The molecule has 4 nitrogen and oxygen atoms in total. The van der Waals surface area contributed by atoms with Gasteiger partial charge in [0.15, 0.2) is 0 Å². The highest BCUT2D eigenvalue weighted by Crippen LogP contribution is 2.30. The van der Waals surface area contributed by atoms with Crippen LogP contribution in [0.15, 0.2) is 78.9 Å². The Morgan fingerprint density at radius 3 is 1.85 bits per heavy atom. The summed E-state index contributed by atoms with van der Waals surface area (Å²) in [7, 11) is 0. The van der Waals surface area contributed by atoms with Gasteiger partial charge in [-0.3, -0.25) is 4.68 Å². The quantitative estimate of drug-likeness (QED) is 0.278. The Balaban J connectivity index is 1.69. The van der Waals surface area contributed by atoms with Crippen molar-refractivity contribution in [2.24, 2.45) is 0 Å². The van der Waals surface area contributed by atoms with E-state index in [9.17, 15) is 22.0 Å². The molecule has 0 saturated heterocycles. The third kappa shape index (κ3) is 5.68. The maximum absolute atomic E-state index is 13.7. The summed E-state index contributed by atoms with van der Waals surface area (Å²) >= 11 is 0. The van der Waals surface area contributed by atoms with E-state index in [1.165, 1.54) is 36.4 Å². The number of benzene rings is 3. The highest BCUT2D eigenvalue weighted by molar-refractivity contribution is 5.69. The van der Waals surface area contributed by atoms with E-state index in [0.29, 0.717) is 28.1 Å². The predicted octanol–water partition coefficient (Wildman–Crippen LogP) is 6.61. The van der Waals surface area contributed by atoms with E-state index in [1.807, 2.05) is 0 Å². The van der Waals surface area contributed by atoms with E-state index in [2.05, 4.69) is 14.6 Å². The van der Waals surface area contributed by atoms with E-state index in [-0.39, 0.29) is 23.9 Å². The molecule has 9 heteroatoms. The molecule has 0 aliphatic carbocycles. The van der Waals surface area contributed by atoms with Gasteiger partial charge in [-0.2, -0.15) is 22.7 Å². The number of hydrogen-bond acceptors (Lipinski definition) is 3. The van der Waals surface area contributed by atoms with Gasteiger partial charge in [0.1, 0.15) is 17.3 Å². The van der Waals surface area contributed by atoms with Crippen molar-refractivity contribution in [1.29, 1.82) is 0 Å². The van der Waals surface area contributed by atoms with Crippen molar-refractivity contribution < 1.29 is 31.4 Å². The molecule has 0 N–H and O–H groups in total. The molecule has 0 aliphatic heterocycles. The summed E-state index contributed by atoms with van der Waals surface area (Å²) in [5, 5.41) is 4.60. The lowest BCUT2D eigenvalue weighted by atomic mass is 10.1. The number of aromatic nitrogens is 2. The maximum Gasteiger partial charge on any atom is 0.387 e. The molecule has 0 bridgehead atoms. The molecule has 4 rings (SSSR count). The van der Waals surface area contributed by atoms with Gasteiger partial charge in [0.2, 0.25) is 0 Å². The van der Waals surface area contributed by atoms with Crippen LogP contribution in [0.1, 0.15) is 5.56 Å². The molecule has 3 aromatic carbocycles. The van der Waals surface area contributed by atoms with Crippen molar-refractivity contribution in [3.8, 4) is 34.0 Å². The number of alkyl halides is 4. The lowest BCUT2D eigenvalue weighted by molar-refractivity contribution is -0.0505. The van der Waals surface area contributed by atoms with Gasteiger partial charge in [-0.1, -0.05) is 12.1 Å². The largest absolute Gasteiger partial charge is 0.435 e. The molecule has 0 spiro atoms. The van der Waals surface area contributed by atoms with Gasteiger partial charge in [0, 0.05) is 11.1 Å². The summed E-state index contributed by atoms with van der Waals surface area (Å²) in [5.41, 5.74) is 3.17. The number of hydrogen-bond donors (Lipinski definition) is 0. The zero-order chi connectivity index (χ0) is 23.4. The van der Waals surface area contributed by atoms with Gasteiger partial charge < -0.3 is 9.47 Å². The van der Waals surface area contributed by atoms with Crippen LogP contribution in [0.25, 0.3) is 22.5 Å². The molecule has 0 amide bonds. The average molecular weight is 460 g/mol. The Labute approximate surface area is 185 Å². The lowest BCUT2D eigenvalue weighted by Crippen LogP contribution is -2.05. The fourth-order valence-electron chi connectivity index (χ4n) is 3.33. The first-order chi connectivity index (χ1) is 15.9. The van der Waals surface area contributed by atoms with Gasteiger partial charge >= 0.3 is 13.2 Å². The lowest BCUT2D eigenvalue weighted by Gasteiger charge is -2.09. The van der Waals surface area contributed by atoms with E-state index < -0.39 is 13.2 Å². The molecule has 0 unspecified atom stereocenters. The Hall–Kier alpha value is -3.88. The van der Waals surface area contributed by atoms with Gasteiger partial charge in [-0.05, 0) is 72.3 Å². The van der Waals surface area contributed by atoms with Crippen LogP contribution in [0, 0.1) is 5.82 Å². The third-order valence-corrected chi connectivity index (χ3v) is 4.75. The molecule has 33 heavy (non-hydrogen) atoms. The van der Waals surface area contributed by atoms with Crippen molar-refractivity contribution in [2.75, 3.05) is 0 Å². The molecule has 0 atom stereocenters. The fraction of sp³-hybridized carbons (Fsp3) is 0.125. The van der Waals surface area contributed by atoms with Crippen LogP contribution in [-0.2, 0) is 6.54 Å². The number of rotatable bonds is 8. The first-order valence-electron chi connectivity index (χ1n) is 9.80. The molecule has 0 fully saturated rings. The Bertz CT molecular complexity index is 1210. The molecule has 0 saturated carbocycles. The second-order valence-electron chi connectivity index (χ2n) is 7.01. The van der Waals surface area contributed by atoms with E-state index in [4.69, 9.17) is 0 Å². The van der Waals surface area contributed by atoms with Crippen molar-refractivity contribution in [3.63, 3.8) is 0 Å². The first-order valence-corrected chi connectivity index (χ1v) is 9.80. The minimum absolute atomic E-state index is 0.0137. The normalized spacial score (nSPS) is 11.2.